The van der Waals surface area contributed by atoms with E-state index in [0.717, 1.165) is 21.6 Å². The van der Waals surface area contributed by atoms with Crippen molar-refractivity contribution in [3.05, 3.63) is 71.1 Å². The second-order valence-electron chi connectivity index (χ2n) is 11.3. The molecule has 8 heteroatoms. The molecule has 4 rings (SSSR count). The summed E-state index contributed by atoms with van der Waals surface area (Å²) in [5, 5.41) is 17.6. The number of benzene rings is 2. The van der Waals surface area contributed by atoms with Gasteiger partial charge in [0.05, 0.1) is 7.11 Å². The van der Waals surface area contributed by atoms with Gasteiger partial charge in [0.25, 0.3) is 0 Å². The van der Waals surface area contributed by atoms with Gasteiger partial charge in [0.15, 0.2) is 0 Å². The molecule has 4 aromatic rings. The van der Waals surface area contributed by atoms with Crippen molar-refractivity contribution in [1.29, 1.82) is 5.26 Å². The molecule has 0 atom stereocenters. The Hall–Kier alpha value is -3.09. The Balaban J connectivity index is 1.90. The molecule has 2 heterocycles. The fourth-order valence-corrected chi connectivity index (χ4v) is 22.6. The van der Waals surface area contributed by atoms with E-state index < -0.39 is 18.4 Å². The van der Waals surface area contributed by atoms with Gasteiger partial charge in [-0.25, -0.2) is 0 Å². The molecule has 0 saturated heterocycles. The number of unbranched alkanes of at least 4 members (excludes halogenated alkanes) is 3. The third-order valence-electron chi connectivity index (χ3n) is 8.46. The maximum absolute atomic E-state index is 13.3. The van der Waals surface area contributed by atoms with E-state index in [4.69, 9.17) is 9.72 Å². The SMILES string of the molecule is CCC[CH2][Sn]([CH2]CCC)([CH2]CCC)[c]1ccc2nc(NC(=O)c3ccc(OC)cc3)c(C#N)c(N(C)c3cccs3)c2c1. The van der Waals surface area contributed by atoms with Gasteiger partial charge >= 0.3 is 254 Å². The van der Waals surface area contributed by atoms with Gasteiger partial charge in [-0.2, -0.15) is 0 Å². The van der Waals surface area contributed by atoms with E-state index in [9.17, 15) is 10.1 Å². The number of fused-ring (bicyclic) bond motifs is 1. The summed E-state index contributed by atoms with van der Waals surface area (Å²) in [5.74, 6) is 0.632. The van der Waals surface area contributed by atoms with Crippen molar-refractivity contribution in [3.8, 4) is 11.8 Å². The van der Waals surface area contributed by atoms with Crippen molar-refractivity contribution in [2.75, 3.05) is 24.4 Å². The van der Waals surface area contributed by atoms with Crippen LogP contribution in [0.4, 0.5) is 16.5 Å². The molecule has 0 fully saturated rings. The summed E-state index contributed by atoms with van der Waals surface area (Å²) < 4.78 is 10.9. The van der Waals surface area contributed by atoms with Crippen LogP contribution >= 0.6 is 11.3 Å². The van der Waals surface area contributed by atoms with E-state index in [0.29, 0.717) is 16.9 Å². The molecule has 0 radical (unpaired) electrons. The Labute approximate surface area is 265 Å². The molecule has 0 unspecified atom stereocenters. The number of methoxy groups -OCH3 is 1. The van der Waals surface area contributed by atoms with E-state index in [1.54, 1.807) is 46.3 Å². The van der Waals surface area contributed by atoms with E-state index in [2.05, 4.69) is 61.3 Å². The zero-order valence-corrected chi connectivity index (χ0v) is 29.9. The first kappa shape index (κ1) is 32.8. The van der Waals surface area contributed by atoms with Crippen LogP contribution in [0.3, 0.4) is 0 Å². The number of ether oxygens (including phenoxy) is 1. The van der Waals surface area contributed by atoms with Crippen LogP contribution in [-0.2, 0) is 0 Å². The molecule has 1 N–H and O–H groups in total. The zero-order chi connectivity index (χ0) is 30.8. The molecule has 0 aliphatic carbocycles. The summed E-state index contributed by atoms with van der Waals surface area (Å²) in [5.41, 5.74) is 2.42. The number of rotatable bonds is 15. The molecular formula is C35H44N4O2SSn. The standard InChI is InChI=1S/C23H17N4O2S.3C4H9.Sn/c1-27(20-8-5-13-30-20)21-17-6-3-4-7-19(17)25-22(18(21)14-24)26-23(28)15-9-11-16(29-2)12-10-15;3*1-3-4-2;/h4-13H,1-2H3,(H,25,26,28);3*1,3-4H2,2H3;. The second-order valence-corrected chi connectivity index (χ2v) is 25.5. The Morgan fingerprint density at radius 2 is 1.65 bits per heavy atom. The summed E-state index contributed by atoms with van der Waals surface area (Å²) in [6, 6.07) is 20.3. The molecule has 2 aromatic heterocycles. The van der Waals surface area contributed by atoms with Gasteiger partial charge in [-0.1, -0.05) is 0 Å². The Morgan fingerprint density at radius 1 is 1.00 bits per heavy atom. The Kier molecular flexibility index (Phi) is 11.9. The van der Waals surface area contributed by atoms with Gasteiger partial charge in [0, 0.05) is 0 Å². The summed E-state index contributed by atoms with van der Waals surface area (Å²) in [4.78, 5) is 20.3. The van der Waals surface area contributed by atoms with Crippen molar-refractivity contribution in [2.45, 2.75) is 72.6 Å². The molecule has 6 nitrogen and oxygen atoms in total. The number of nitriles is 1. The zero-order valence-electron chi connectivity index (χ0n) is 26.2. The molecule has 0 aliphatic heterocycles. The number of amides is 1. The van der Waals surface area contributed by atoms with Crippen LogP contribution in [-0.4, -0.2) is 43.4 Å². The number of anilines is 3. The third kappa shape index (κ3) is 7.53. The Morgan fingerprint density at radius 3 is 2.19 bits per heavy atom. The minimum absolute atomic E-state index is 0.278. The van der Waals surface area contributed by atoms with E-state index >= 15 is 0 Å². The number of pyridine rings is 1. The van der Waals surface area contributed by atoms with E-state index in [-0.39, 0.29) is 11.7 Å². The third-order valence-corrected chi connectivity index (χ3v) is 25.0. The quantitative estimate of drug-likeness (QED) is 0.125. The van der Waals surface area contributed by atoms with Gasteiger partial charge in [-0.3, -0.25) is 0 Å². The van der Waals surface area contributed by atoms with Crippen LogP contribution in [0, 0.1) is 11.3 Å². The normalized spacial score (nSPS) is 11.3. The fourth-order valence-electron chi connectivity index (χ4n) is 5.97. The summed E-state index contributed by atoms with van der Waals surface area (Å²) in [7, 11) is 3.60. The predicted octanol–water partition coefficient (Wildman–Crippen LogP) is 9.25. The monoisotopic (exact) mass is 704 g/mol. The molecule has 1 amide bonds. The average Bonchev–Trinajstić information content (AvgIpc) is 3.59. The van der Waals surface area contributed by atoms with E-state index in [1.165, 1.54) is 51.8 Å². The number of nitrogens with zero attached hydrogens (tertiary/aromatic N) is 3. The number of aromatic nitrogens is 1. The fraction of sp³-hybridized carbons (Fsp3) is 0.400. The number of hydrogen-bond donors (Lipinski definition) is 1. The summed E-state index contributed by atoms with van der Waals surface area (Å²) in [6.45, 7) is 6.90. The van der Waals surface area contributed by atoms with Crippen LogP contribution < -0.4 is 18.5 Å². The van der Waals surface area contributed by atoms with Crippen LogP contribution in [0.1, 0.15) is 75.2 Å². The summed E-state index contributed by atoms with van der Waals surface area (Å²) >= 11 is -1.14. The van der Waals surface area contributed by atoms with Crippen LogP contribution in [0.5, 0.6) is 5.75 Å². The molecule has 43 heavy (non-hydrogen) atoms. The Bertz CT molecular complexity index is 1530. The van der Waals surface area contributed by atoms with Crippen LogP contribution in [0.25, 0.3) is 10.9 Å². The first-order valence-corrected chi connectivity index (χ1v) is 23.9. The molecular weight excluding hydrogens is 659 g/mol. The van der Waals surface area contributed by atoms with Gasteiger partial charge in [-0.05, 0) is 0 Å². The number of thiophene rings is 1. The van der Waals surface area contributed by atoms with Crippen LogP contribution in [0.2, 0.25) is 13.3 Å². The van der Waals surface area contributed by atoms with Gasteiger partial charge in [-0.15, -0.1) is 0 Å². The van der Waals surface area contributed by atoms with Gasteiger partial charge < -0.3 is 4.74 Å². The molecule has 0 bridgehead atoms. The number of carbonyl (C=O) groups is 1. The first-order chi connectivity index (χ1) is 20.9. The van der Waals surface area contributed by atoms with Crippen molar-refractivity contribution >= 4 is 66.6 Å². The summed E-state index contributed by atoms with van der Waals surface area (Å²) in [6.07, 6.45) is 7.49. The van der Waals surface area contributed by atoms with Crippen molar-refractivity contribution in [2.24, 2.45) is 0 Å². The van der Waals surface area contributed by atoms with Crippen molar-refractivity contribution < 1.29 is 9.53 Å². The predicted molar refractivity (Wildman–Crippen MR) is 184 cm³/mol. The first-order valence-electron chi connectivity index (χ1n) is 15.5. The number of hydrogen-bond acceptors (Lipinski definition) is 6. The molecule has 0 aliphatic rings. The second kappa shape index (κ2) is 15.6. The average molecular weight is 704 g/mol. The van der Waals surface area contributed by atoms with Crippen LogP contribution in [0.15, 0.2) is 60.0 Å². The van der Waals surface area contributed by atoms with Crippen molar-refractivity contribution in [1.82, 2.24) is 4.98 Å². The number of carbonyl (C=O) groups excluding carboxylic acids is 1. The number of nitrogens with one attached hydrogen (secondary N) is 1. The molecule has 0 saturated carbocycles. The van der Waals surface area contributed by atoms with E-state index in [1.807, 2.05) is 18.5 Å². The van der Waals surface area contributed by atoms with Gasteiger partial charge in [0.2, 0.25) is 0 Å². The molecule has 226 valence electrons. The maximum atomic E-state index is 13.3. The molecule has 0 spiro atoms. The van der Waals surface area contributed by atoms with Gasteiger partial charge in [0.1, 0.15) is 0 Å². The molecule has 2 aromatic carbocycles. The van der Waals surface area contributed by atoms with Crippen molar-refractivity contribution in [3.63, 3.8) is 0 Å². The minimum atomic E-state index is -2.77. The topological polar surface area (TPSA) is 78.2 Å².